The number of nitrogens with zero attached hydrogens (tertiary/aromatic N) is 5. The summed E-state index contributed by atoms with van der Waals surface area (Å²) in [5.74, 6) is 1.43. The molecule has 0 spiro atoms. The van der Waals surface area contributed by atoms with Gasteiger partial charge in [0.25, 0.3) is 0 Å². The molecule has 7 nitrogen and oxygen atoms in total. The lowest BCUT2D eigenvalue weighted by Gasteiger charge is -2.38. The van der Waals surface area contributed by atoms with Crippen LogP contribution in [-0.4, -0.2) is 82.7 Å². The summed E-state index contributed by atoms with van der Waals surface area (Å²) in [4.78, 5) is 29.3. The fourth-order valence-corrected chi connectivity index (χ4v) is 5.62. The first-order chi connectivity index (χ1) is 16.0. The highest BCUT2D eigenvalue weighted by atomic mass is 35.5. The molecule has 1 N–H and O–H groups in total. The van der Waals surface area contributed by atoms with Gasteiger partial charge in [-0.2, -0.15) is 0 Å². The standard InChI is InChI=1S/C25H32ClN5O2/c1-17-2-7-22-23(17)24(28-16-27-22)30-10-12-31(13-11-30)25(33)21(15-29-9-8-20(32)14-29)18-3-5-19(26)6-4-18/h3-6,16-17,20-21,32H,2,7-15H2,1H3/t17-,20+,21?/m1/s1. The van der Waals surface area contributed by atoms with E-state index in [0.29, 0.717) is 37.1 Å². The number of aliphatic hydroxyl groups is 1. The van der Waals surface area contributed by atoms with Crippen LogP contribution >= 0.6 is 11.6 Å². The van der Waals surface area contributed by atoms with Crippen molar-refractivity contribution in [3.05, 3.63) is 52.4 Å². The molecule has 0 saturated carbocycles. The summed E-state index contributed by atoms with van der Waals surface area (Å²) in [5, 5.41) is 10.6. The van der Waals surface area contributed by atoms with E-state index in [0.717, 1.165) is 50.3 Å². The Labute approximate surface area is 200 Å². The minimum atomic E-state index is -0.300. The molecule has 1 aliphatic carbocycles. The van der Waals surface area contributed by atoms with Gasteiger partial charge in [-0.15, -0.1) is 0 Å². The van der Waals surface area contributed by atoms with Crippen molar-refractivity contribution < 1.29 is 9.90 Å². The smallest absolute Gasteiger partial charge is 0.231 e. The van der Waals surface area contributed by atoms with E-state index in [1.807, 2.05) is 29.2 Å². The zero-order valence-corrected chi connectivity index (χ0v) is 19.9. The molecule has 1 aromatic heterocycles. The van der Waals surface area contributed by atoms with Crippen LogP contribution in [0.3, 0.4) is 0 Å². The molecule has 2 saturated heterocycles. The van der Waals surface area contributed by atoms with E-state index in [2.05, 4.69) is 26.7 Å². The Morgan fingerprint density at radius 2 is 1.88 bits per heavy atom. The molecule has 2 fully saturated rings. The highest BCUT2D eigenvalue weighted by Gasteiger charge is 2.34. The van der Waals surface area contributed by atoms with Crippen LogP contribution < -0.4 is 4.90 Å². The number of aliphatic hydroxyl groups excluding tert-OH is 1. The number of β-amino-alcohol motifs (C(OH)–C–C–N with tert-alkyl or cyclic N) is 1. The van der Waals surface area contributed by atoms with E-state index in [4.69, 9.17) is 11.6 Å². The highest BCUT2D eigenvalue weighted by molar-refractivity contribution is 6.30. The molecule has 1 aromatic carbocycles. The number of likely N-dealkylation sites (tertiary alicyclic amines) is 1. The summed E-state index contributed by atoms with van der Waals surface area (Å²) in [6, 6.07) is 7.62. The zero-order chi connectivity index (χ0) is 22.9. The quantitative estimate of drug-likeness (QED) is 0.725. The lowest BCUT2D eigenvalue weighted by Crippen LogP contribution is -2.51. The van der Waals surface area contributed by atoms with Crippen LogP contribution in [0.4, 0.5) is 5.82 Å². The molecule has 1 unspecified atom stereocenters. The lowest BCUT2D eigenvalue weighted by atomic mass is 9.96. The first-order valence-electron chi connectivity index (χ1n) is 12.0. The number of hydrogen-bond donors (Lipinski definition) is 1. The van der Waals surface area contributed by atoms with Crippen LogP contribution in [0.25, 0.3) is 0 Å². The molecule has 2 aliphatic heterocycles. The molecule has 33 heavy (non-hydrogen) atoms. The molecular formula is C25H32ClN5O2. The lowest BCUT2D eigenvalue weighted by molar-refractivity contribution is -0.133. The number of aryl methyl sites for hydroxylation is 1. The topological polar surface area (TPSA) is 72.8 Å². The minimum Gasteiger partial charge on any atom is -0.392 e. The maximum atomic E-state index is 13.7. The molecule has 3 aliphatic rings. The number of carbonyl (C=O) groups is 1. The van der Waals surface area contributed by atoms with Crippen LogP contribution in [-0.2, 0) is 11.2 Å². The number of rotatable bonds is 5. The summed E-state index contributed by atoms with van der Waals surface area (Å²) in [5.41, 5.74) is 3.46. The molecule has 3 heterocycles. The van der Waals surface area contributed by atoms with E-state index in [1.165, 1.54) is 11.3 Å². The van der Waals surface area contributed by atoms with Gasteiger partial charge in [0.1, 0.15) is 12.1 Å². The molecule has 5 rings (SSSR count). The Morgan fingerprint density at radius 3 is 2.58 bits per heavy atom. The summed E-state index contributed by atoms with van der Waals surface area (Å²) in [7, 11) is 0. The number of fused-ring (bicyclic) bond motifs is 1. The third-order valence-electron chi connectivity index (χ3n) is 7.40. The van der Waals surface area contributed by atoms with Crippen molar-refractivity contribution in [2.24, 2.45) is 0 Å². The van der Waals surface area contributed by atoms with Crippen LogP contribution in [0.1, 0.15) is 48.4 Å². The third kappa shape index (κ3) is 4.72. The largest absolute Gasteiger partial charge is 0.392 e. The predicted octanol–water partition coefficient (Wildman–Crippen LogP) is 2.68. The minimum absolute atomic E-state index is 0.152. The van der Waals surface area contributed by atoms with Crippen molar-refractivity contribution in [2.45, 2.75) is 44.1 Å². The van der Waals surface area contributed by atoms with E-state index in [9.17, 15) is 9.90 Å². The number of halogens is 1. The molecule has 176 valence electrons. The van der Waals surface area contributed by atoms with Gasteiger partial charge in [0, 0.05) is 62.1 Å². The molecule has 0 radical (unpaired) electrons. The normalized spacial score (nSPS) is 24.2. The molecular weight excluding hydrogens is 438 g/mol. The second kappa shape index (κ2) is 9.57. The number of aromatic nitrogens is 2. The Bertz CT molecular complexity index is 993. The first-order valence-corrected chi connectivity index (χ1v) is 12.4. The number of hydrogen-bond acceptors (Lipinski definition) is 6. The maximum absolute atomic E-state index is 13.7. The van der Waals surface area contributed by atoms with E-state index in [1.54, 1.807) is 6.33 Å². The van der Waals surface area contributed by atoms with E-state index < -0.39 is 0 Å². The van der Waals surface area contributed by atoms with Crippen LogP contribution in [0, 0.1) is 0 Å². The molecule has 1 amide bonds. The van der Waals surface area contributed by atoms with Crippen LogP contribution in [0.15, 0.2) is 30.6 Å². The summed E-state index contributed by atoms with van der Waals surface area (Å²) in [6.07, 6.45) is 4.31. The number of anilines is 1. The van der Waals surface area contributed by atoms with Gasteiger partial charge in [-0.25, -0.2) is 9.97 Å². The second-order valence-electron chi connectivity index (χ2n) is 9.62. The molecule has 0 bridgehead atoms. The number of benzene rings is 1. The van der Waals surface area contributed by atoms with Gasteiger partial charge in [-0.1, -0.05) is 30.7 Å². The van der Waals surface area contributed by atoms with Gasteiger partial charge < -0.3 is 14.9 Å². The highest BCUT2D eigenvalue weighted by Crippen LogP contribution is 2.37. The Kier molecular flexibility index (Phi) is 6.54. The SMILES string of the molecule is C[C@@H]1CCc2ncnc(N3CCN(C(=O)C(CN4CC[C@H](O)C4)c4ccc(Cl)cc4)CC3)c21. The Morgan fingerprint density at radius 1 is 1.12 bits per heavy atom. The average Bonchev–Trinajstić information content (AvgIpc) is 3.43. The van der Waals surface area contributed by atoms with Gasteiger partial charge in [-0.3, -0.25) is 9.69 Å². The van der Waals surface area contributed by atoms with Crippen molar-refractivity contribution in [3.8, 4) is 0 Å². The fraction of sp³-hybridized carbons (Fsp3) is 0.560. The van der Waals surface area contributed by atoms with E-state index in [-0.39, 0.29) is 17.9 Å². The van der Waals surface area contributed by atoms with Gasteiger partial charge >= 0.3 is 0 Å². The van der Waals surface area contributed by atoms with Crippen molar-refractivity contribution >= 4 is 23.3 Å². The Balaban J connectivity index is 1.30. The van der Waals surface area contributed by atoms with Crippen LogP contribution in [0.2, 0.25) is 5.02 Å². The molecule has 8 heteroatoms. The van der Waals surface area contributed by atoms with E-state index >= 15 is 0 Å². The Hall–Kier alpha value is -2.22. The zero-order valence-electron chi connectivity index (χ0n) is 19.2. The summed E-state index contributed by atoms with van der Waals surface area (Å²) < 4.78 is 0. The number of amides is 1. The van der Waals surface area contributed by atoms with Gasteiger partial charge in [0.15, 0.2) is 0 Å². The first kappa shape index (κ1) is 22.6. The average molecular weight is 470 g/mol. The number of piperazine rings is 1. The van der Waals surface area contributed by atoms with Gasteiger partial charge in [-0.05, 0) is 42.9 Å². The van der Waals surface area contributed by atoms with Crippen molar-refractivity contribution in [2.75, 3.05) is 50.7 Å². The maximum Gasteiger partial charge on any atom is 0.231 e. The summed E-state index contributed by atoms with van der Waals surface area (Å²) >= 11 is 6.10. The van der Waals surface area contributed by atoms with Crippen molar-refractivity contribution in [3.63, 3.8) is 0 Å². The monoisotopic (exact) mass is 469 g/mol. The number of carbonyl (C=O) groups excluding carboxylic acids is 1. The summed E-state index contributed by atoms with van der Waals surface area (Å²) in [6.45, 7) is 7.23. The van der Waals surface area contributed by atoms with Gasteiger partial charge in [0.2, 0.25) is 5.91 Å². The second-order valence-corrected chi connectivity index (χ2v) is 10.1. The van der Waals surface area contributed by atoms with Crippen LogP contribution in [0.5, 0.6) is 0 Å². The fourth-order valence-electron chi connectivity index (χ4n) is 5.49. The van der Waals surface area contributed by atoms with Gasteiger partial charge in [0.05, 0.1) is 12.0 Å². The molecule has 2 aromatic rings. The third-order valence-corrected chi connectivity index (χ3v) is 7.65. The van der Waals surface area contributed by atoms with Crippen molar-refractivity contribution in [1.29, 1.82) is 0 Å². The molecule has 3 atom stereocenters. The van der Waals surface area contributed by atoms with Crippen molar-refractivity contribution in [1.82, 2.24) is 19.8 Å². The predicted molar refractivity (Wildman–Crippen MR) is 129 cm³/mol.